The number of carbonyl (C=O) groups excluding carboxylic acids is 1. The van der Waals surface area contributed by atoms with E-state index in [9.17, 15) is 9.90 Å². The minimum Gasteiger partial charge on any atom is -0.390 e. The molecule has 0 radical (unpaired) electrons. The van der Waals surface area contributed by atoms with Gasteiger partial charge in [-0.3, -0.25) is 4.79 Å². The molecule has 136 valence electrons. The number of hydrogen-bond acceptors (Lipinski definition) is 2. The van der Waals surface area contributed by atoms with Crippen LogP contribution in [0.5, 0.6) is 0 Å². The van der Waals surface area contributed by atoms with Gasteiger partial charge in [-0.25, -0.2) is 0 Å². The minimum atomic E-state index is -0.518. The van der Waals surface area contributed by atoms with Crippen molar-refractivity contribution in [2.45, 2.75) is 88.1 Å². The van der Waals surface area contributed by atoms with E-state index in [1.54, 1.807) is 0 Å². The van der Waals surface area contributed by atoms with Crippen LogP contribution in [0, 0.1) is 34.5 Å². The van der Waals surface area contributed by atoms with Crippen LogP contribution in [-0.4, -0.2) is 19.9 Å². The zero-order valence-corrected chi connectivity index (χ0v) is 17.9. The fourth-order valence-electron chi connectivity index (χ4n) is 7.96. The lowest BCUT2D eigenvalue weighted by Crippen LogP contribution is -2.63. The Balaban J connectivity index is 1.76. The number of alkyl halides is 1. The summed E-state index contributed by atoms with van der Waals surface area (Å²) in [5.74, 6) is 3.19. The summed E-state index contributed by atoms with van der Waals surface area (Å²) < 4.78 is 0.218. The SMILES string of the molecule is CC12CCC(=O)CC1CCC1C3CCC(C)(O)C3(C)C[C@](C)(I)C12. The molecule has 8 atom stereocenters. The molecule has 0 aromatic rings. The molecular weight excluding hydrogens is 411 g/mol. The molecule has 0 aromatic carbocycles. The average Bonchev–Trinajstić information content (AvgIpc) is 2.68. The zero-order valence-electron chi connectivity index (χ0n) is 15.7. The van der Waals surface area contributed by atoms with E-state index < -0.39 is 5.60 Å². The lowest BCUT2D eigenvalue weighted by Gasteiger charge is -2.65. The number of fused-ring (bicyclic) bond motifs is 5. The van der Waals surface area contributed by atoms with Gasteiger partial charge in [0.05, 0.1) is 5.60 Å². The van der Waals surface area contributed by atoms with Gasteiger partial charge in [-0.15, -0.1) is 0 Å². The summed E-state index contributed by atoms with van der Waals surface area (Å²) in [6.45, 7) is 9.42. The van der Waals surface area contributed by atoms with E-state index >= 15 is 0 Å². The largest absolute Gasteiger partial charge is 0.390 e. The maximum Gasteiger partial charge on any atom is 0.133 e. The van der Waals surface area contributed by atoms with E-state index in [0.717, 1.165) is 38.0 Å². The lowest BCUT2D eigenvalue weighted by molar-refractivity contribution is -0.160. The van der Waals surface area contributed by atoms with Gasteiger partial charge in [0.25, 0.3) is 0 Å². The van der Waals surface area contributed by atoms with E-state index in [-0.39, 0.29) is 8.84 Å². The number of halogens is 1. The molecule has 0 heterocycles. The topological polar surface area (TPSA) is 37.3 Å². The van der Waals surface area contributed by atoms with Crippen molar-refractivity contribution in [2.75, 3.05) is 0 Å². The molecule has 0 saturated heterocycles. The Morgan fingerprint density at radius 3 is 2.50 bits per heavy atom. The first-order valence-corrected chi connectivity index (χ1v) is 11.0. The summed E-state index contributed by atoms with van der Waals surface area (Å²) >= 11 is 2.74. The Labute approximate surface area is 160 Å². The monoisotopic (exact) mass is 444 g/mol. The molecule has 4 fully saturated rings. The van der Waals surface area contributed by atoms with Gasteiger partial charge in [-0.1, -0.05) is 43.4 Å². The predicted octanol–water partition coefficient (Wildman–Crippen LogP) is 5.15. The maximum atomic E-state index is 12.1. The van der Waals surface area contributed by atoms with Crippen LogP contribution >= 0.6 is 22.6 Å². The van der Waals surface area contributed by atoms with Gasteiger partial charge in [0.1, 0.15) is 5.78 Å². The molecule has 4 rings (SSSR count). The maximum absolute atomic E-state index is 12.1. The van der Waals surface area contributed by atoms with Crippen LogP contribution < -0.4 is 0 Å². The van der Waals surface area contributed by atoms with Crippen molar-refractivity contribution in [3.05, 3.63) is 0 Å². The van der Waals surface area contributed by atoms with Crippen LogP contribution in [0.2, 0.25) is 0 Å². The van der Waals surface area contributed by atoms with Crippen molar-refractivity contribution in [1.82, 2.24) is 0 Å². The fraction of sp³-hybridized carbons (Fsp3) is 0.952. The van der Waals surface area contributed by atoms with Gasteiger partial charge in [-0.2, -0.15) is 0 Å². The summed E-state index contributed by atoms with van der Waals surface area (Å²) in [7, 11) is 0. The molecule has 0 aliphatic heterocycles. The number of rotatable bonds is 0. The van der Waals surface area contributed by atoms with E-state index in [2.05, 4.69) is 50.3 Å². The molecule has 4 aliphatic carbocycles. The Kier molecular flexibility index (Phi) is 3.85. The summed E-state index contributed by atoms with van der Waals surface area (Å²) in [4.78, 5) is 12.1. The third-order valence-corrected chi connectivity index (χ3v) is 10.3. The molecule has 0 aromatic heterocycles. The van der Waals surface area contributed by atoms with Crippen molar-refractivity contribution in [1.29, 1.82) is 0 Å². The molecule has 1 N–H and O–H groups in total. The van der Waals surface area contributed by atoms with Crippen LogP contribution in [-0.2, 0) is 4.79 Å². The second-order valence-corrected chi connectivity index (χ2v) is 12.9. The normalized spacial score (nSPS) is 60.3. The molecule has 3 heteroatoms. The molecule has 2 nitrogen and oxygen atoms in total. The summed E-state index contributed by atoms with van der Waals surface area (Å²) in [5.41, 5.74) is -0.143. The molecular formula is C21H33IO2. The van der Waals surface area contributed by atoms with E-state index in [1.807, 2.05) is 0 Å². The third kappa shape index (κ3) is 2.18. The van der Waals surface area contributed by atoms with Gasteiger partial charge in [0.2, 0.25) is 0 Å². The van der Waals surface area contributed by atoms with Gasteiger partial charge in [0.15, 0.2) is 0 Å². The Bertz CT molecular complexity index is 568. The van der Waals surface area contributed by atoms with Crippen molar-refractivity contribution in [2.24, 2.45) is 34.5 Å². The van der Waals surface area contributed by atoms with Crippen LogP contribution in [0.3, 0.4) is 0 Å². The number of carbonyl (C=O) groups is 1. The second kappa shape index (κ2) is 5.21. The summed E-state index contributed by atoms with van der Waals surface area (Å²) in [6, 6.07) is 0. The Morgan fingerprint density at radius 2 is 1.79 bits per heavy atom. The van der Waals surface area contributed by atoms with Crippen LogP contribution in [0.25, 0.3) is 0 Å². The number of Topliss-reactive ketones (excluding diaryl/α,β-unsaturated/α-hetero) is 1. The van der Waals surface area contributed by atoms with E-state index in [4.69, 9.17) is 0 Å². The number of aliphatic hydroxyl groups is 1. The number of hydrogen-bond donors (Lipinski definition) is 1. The second-order valence-electron chi connectivity index (χ2n) is 10.5. The first-order valence-electron chi connectivity index (χ1n) is 9.94. The quantitative estimate of drug-likeness (QED) is 0.414. The lowest BCUT2D eigenvalue weighted by atomic mass is 9.42. The standard InChI is InChI=1S/C21H33IO2/c1-18-9-7-14(23)11-13(18)5-6-15-16-8-10-21(4,24)19(16,2)12-20(3,22)17(15)18/h13,15-17,24H,5-12H2,1-4H3/t13?,15?,16?,17?,18?,19?,20-,21?/m0/s1. The molecule has 0 amide bonds. The fourth-order valence-corrected chi connectivity index (χ4v) is 9.92. The summed E-state index contributed by atoms with van der Waals surface area (Å²) in [5, 5.41) is 11.2. The molecule has 4 saturated carbocycles. The van der Waals surface area contributed by atoms with Crippen molar-refractivity contribution >= 4 is 28.4 Å². The minimum absolute atomic E-state index is 0.0534. The third-order valence-electron chi connectivity index (χ3n) is 9.21. The average molecular weight is 444 g/mol. The van der Waals surface area contributed by atoms with Gasteiger partial charge in [0, 0.05) is 21.7 Å². The van der Waals surface area contributed by atoms with E-state index in [1.165, 1.54) is 19.3 Å². The zero-order chi connectivity index (χ0) is 17.5. The molecule has 24 heavy (non-hydrogen) atoms. The van der Waals surface area contributed by atoms with Crippen LogP contribution in [0.4, 0.5) is 0 Å². The molecule has 7 unspecified atom stereocenters. The first kappa shape index (κ1) is 17.8. The Morgan fingerprint density at radius 1 is 1.08 bits per heavy atom. The highest BCUT2D eigenvalue weighted by Crippen LogP contribution is 2.71. The van der Waals surface area contributed by atoms with Crippen molar-refractivity contribution in [3.8, 4) is 0 Å². The predicted molar refractivity (Wildman–Crippen MR) is 105 cm³/mol. The molecule has 4 aliphatic rings. The van der Waals surface area contributed by atoms with E-state index in [0.29, 0.717) is 29.0 Å². The van der Waals surface area contributed by atoms with Crippen molar-refractivity contribution < 1.29 is 9.90 Å². The highest BCUT2D eigenvalue weighted by molar-refractivity contribution is 14.1. The van der Waals surface area contributed by atoms with Crippen LogP contribution in [0.15, 0.2) is 0 Å². The molecule has 0 spiro atoms. The van der Waals surface area contributed by atoms with Gasteiger partial charge < -0.3 is 5.11 Å². The van der Waals surface area contributed by atoms with Gasteiger partial charge in [-0.05, 0) is 74.5 Å². The smallest absolute Gasteiger partial charge is 0.133 e. The van der Waals surface area contributed by atoms with Crippen LogP contribution in [0.1, 0.15) is 79.1 Å². The Hall–Kier alpha value is 0.360. The number of ketones is 1. The highest BCUT2D eigenvalue weighted by atomic mass is 127. The molecule has 0 bridgehead atoms. The summed E-state index contributed by atoms with van der Waals surface area (Å²) in [6.07, 6.45) is 8.48. The van der Waals surface area contributed by atoms with Gasteiger partial charge >= 0.3 is 0 Å². The first-order chi connectivity index (χ1) is 11.0. The highest BCUT2D eigenvalue weighted by Gasteiger charge is 2.68. The van der Waals surface area contributed by atoms with Crippen molar-refractivity contribution in [3.63, 3.8) is 0 Å².